The lowest BCUT2D eigenvalue weighted by atomic mass is 10.1. The topological polar surface area (TPSA) is 104 Å². The fourth-order valence-electron chi connectivity index (χ4n) is 3.05. The Morgan fingerprint density at radius 1 is 1.11 bits per heavy atom. The van der Waals surface area contributed by atoms with E-state index in [4.69, 9.17) is 4.74 Å². The van der Waals surface area contributed by atoms with Gasteiger partial charge in [0.1, 0.15) is 0 Å². The van der Waals surface area contributed by atoms with Crippen molar-refractivity contribution in [1.29, 1.82) is 5.26 Å². The van der Waals surface area contributed by atoms with E-state index in [9.17, 15) is 20.0 Å². The van der Waals surface area contributed by atoms with Crippen LogP contribution >= 0.6 is 0 Å². The quantitative estimate of drug-likeness (QED) is 0.646. The summed E-state index contributed by atoms with van der Waals surface area (Å²) in [4.78, 5) is 29.0. The minimum Gasteiger partial charge on any atom is -0.481 e. The Kier molecular flexibility index (Phi) is 5.18. The van der Waals surface area contributed by atoms with Gasteiger partial charge < -0.3 is 9.84 Å². The van der Waals surface area contributed by atoms with Gasteiger partial charge in [0.2, 0.25) is 5.88 Å². The summed E-state index contributed by atoms with van der Waals surface area (Å²) in [5.74, 6) is -1.17. The van der Waals surface area contributed by atoms with Gasteiger partial charge in [0, 0.05) is 29.0 Å². The number of hydrogen-bond donors (Lipinski definition) is 1. The molecule has 1 aliphatic carbocycles. The fraction of sp³-hybridized carbons (Fsp3) is 0.200. The number of nitrogens with zero attached hydrogens (tertiary/aromatic N) is 3. The zero-order chi connectivity index (χ0) is 19.4. The molecule has 7 heteroatoms. The van der Waals surface area contributed by atoms with Crippen molar-refractivity contribution in [3.05, 3.63) is 53.7 Å². The maximum Gasteiger partial charge on any atom is 0.332 e. The third-order valence-corrected chi connectivity index (χ3v) is 4.44. The second-order valence-corrected chi connectivity index (χ2v) is 5.99. The van der Waals surface area contributed by atoms with Gasteiger partial charge in [-0.25, -0.2) is 14.7 Å². The molecule has 0 atom stereocenters. The summed E-state index contributed by atoms with van der Waals surface area (Å²) in [5.41, 5.74) is 2.42. The summed E-state index contributed by atoms with van der Waals surface area (Å²) in [6, 6.07) is 10.5. The number of nitriles is 1. The molecule has 0 fully saturated rings. The first-order valence-electron chi connectivity index (χ1n) is 8.35. The molecular weight excluding hydrogens is 346 g/mol. The van der Waals surface area contributed by atoms with Crippen LogP contribution in [0, 0.1) is 11.5 Å². The van der Waals surface area contributed by atoms with Crippen molar-refractivity contribution >= 4 is 17.6 Å². The van der Waals surface area contributed by atoms with Crippen LogP contribution in [0.5, 0.6) is 5.88 Å². The SMILES string of the molecule is COc1ccc(-c2ccc(N(C#N)C(=O)C3=C(C(=O)O)CCC3)cc2)cn1. The molecule has 1 aromatic heterocycles. The molecule has 1 N–H and O–H groups in total. The van der Waals surface area contributed by atoms with E-state index in [0.29, 0.717) is 30.8 Å². The van der Waals surface area contributed by atoms with Crippen LogP contribution in [0.25, 0.3) is 11.1 Å². The number of methoxy groups -OCH3 is 1. The number of anilines is 1. The lowest BCUT2D eigenvalue weighted by Crippen LogP contribution is -2.27. The molecular formula is C20H17N3O4. The van der Waals surface area contributed by atoms with Gasteiger partial charge in [0.25, 0.3) is 5.91 Å². The number of pyridine rings is 1. The van der Waals surface area contributed by atoms with Crippen molar-refractivity contribution in [2.75, 3.05) is 12.0 Å². The second-order valence-electron chi connectivity index (χ2n) is 5.99. The number of carboxylic acids is 1. The van der Waals surface area contributed by atoms with Crippen molar-refractivity contribution in [3.63, 3.8) is 0 Å². The van der Waals surface area contributed by atoms with Crippen LogP contribution in [0.4, 0.5) is 5.69 Å². The highest BCUT2D eigenvalue weighted by molar-refractivity contribution is 6.12. The van der Waals surface area contributed by atoms with Crippen LogP contribution in [0.3, 0.4) is 0 Å². The molecule has 0 aliphatic heterocycles. The molecule has 136 valence electrons. The zero-order valence-corrected chi connectivity index (χ0v) is 14.7. The van der Waals surface area contributed by atoms with Crippen LogP contribution in [-0.2, 0) is 9.59 Å². The maximum absolute atomic E-state index is 12.7. The van der Waals surface area contributed by atoms with Crippen molar-refractivity contribution in [2.24, 2.45) is 0 Å². The molecule has 0 saturated heterocycles. The van der Waals surface area contributed by atoms with Crippen LogP contribution < -0.4 is 9.64 Å². The van der Waals surface area contributed by atoms with E-state index in [1.165, 1.54) is 0 Å². The van der Waals surface area contributed by atoms with E-state index in [-0.39, 0.29) is 11.1 Å². The first kappa shape index (κ1) is 18.1. The molecule has 0 bridgehead atoms. The largest absolute Gasteiger partial charge is 0.481 e. The number of ether oxygens (including phenoxy) is 1. The summed E-state index contributed by atoms with van der Waals surface area (Å²) in [6.07, 6.45) is 4.84. The fourth-order valence-corrected chi connectivity index (χ4v) is 3.05. The van der Waals surface area contributed by atoms with E-state index in [1.807, 2.05) is 12.3 Å². The van der Waals surface area contributed by atoms with Crippen molar-refractivity contribution in [1.82, 2.24) is 4.98 Å². The molecule has 0 radical (unpaired) electrons. The lowest BCUT2D eigenvalue weighted by Gasteiger charge is -2.15. The Hall–Kier alpha value is -3.66. The van der Waals surface area contributed by atoms with Gasteiger partial charge in [-0.15, -0.1) is 0 Å². The lowest BCUT2D eigenvalue weighted by molar-refractivity contribution is -0.133. The molecule has 27 heavy (non-hydrogen) atoms. The van der Waals surface area contributed by atoms with Crippen LogP contribution in [0.15, 0.2) is 53.7 Å². The predicted molar refractivity (Wildman–Crippen MR) is 97.8 cm³/mol. The maximum atomic E-state index is 12.7. The number of rotatable bonds is 5. The molecule has 3 rings (SSSR count). The molecule has 1 amide bonds. The molecule has 0 spiro atoms. The normalized spacial score (nSPS) is 13.2. The zero-order valence-electron chi connectivity index (χ0n) is 14.7. The molecule has 1 aliphatic rings. The predicted octanol–water partition coefficient (Wildman–Crippen LogP) is 3.14. The van der Waals surface area contributed by atoms with Gasteiger partial charge in [0.15, 0.2) is 6.19 Å². The van der Waals surface area contributed by atoms with Gasteiger partial charge in [-0.1, -0.05) is 12.1 Å². The van der Waals surface area contributed by atoms with Crippen LogP contribution in [-0.4, -0.2) is 29.1 Å². The third kappa shape index (κ3) is 3.65. The molecule has 0 saturated carbocycles. The Balaban J connectivity index is 1.86. The standard InChI is InChI=1S/C20H17N3O4/c1-27-18-10-7-14(11-22-18)13-5-8-15(9-6-13)23(12-21)19(24)16-3-2-4-17(16)20(25)26/h5-11H,2-4H2,1H3,(H,25,26). The first-order valence-corrected chi connectivity index (χ1v) is 8.35. The Morgan fingerprint density at radius 3 is 2.33 bits per heavy atom. The molecule has 1 aromatic carbocycles. The summed E-state index contributed by atoms with van der Waals surface area (Å²) in [6.45, 7) is 0. The smallest absolute Gasteiger partial charge is 0.332 e. The van der Waals surface area contributed by atoms with Crippen LogP contribution in [0.2, 0.25) is 0 Å². The monoisotopic (exact) mass is 363 g/mol. The Bertz CT molecular complexity index is 941. The molecule has 1 heterocycles. The van der Waals surface area contributed by atoms with Gasteiger partial charge in [-0.05, 0) is 43.0 Å². The van der Waals surface area contributed by atoms with Crippen molar-refractivity contribution in [3.8, 4) is 23.2 Å². The Labute approximate surface area is 156 Å². The number of benzene rings is 1. The molecule has 2 aromatic rings. The van der Waals surface area contributed by atoms with E-state index >= 15 is 0 Å². The summed E-state index contributed by atoms with van der Waals surface area (Å²) in [5, 5.41) is 18.7. The van der Waals surface area contributed by atoms with E-state index in [2.05, 4.69) is 4.98 Å². The van der Waals surface area contributed by atoms with Gasteiger partial charge in [0.05, 0.1) is 12.8 Å². The number of carboxylic acid groups (broad SMARTS) is 1. The Morgan fingerprint density at radius 2 is 1.78 bits per heavy atom. The number of aliphatic carboxylic acids is 1. The van der Waals surface area contributed by atoms with Crippen LogP contribution in [0.1, 0.15) is 19.3 Å². The molecule has 7 nitrogen and oxygen atoms in total. The minimum atomic E-state index is -1.10. The average molecular weight is 363 g/mol. The van der Waals surface area contributed by atoms with E-state index < -0.39 is 11.9 Å². The number of aromatic nitrogens is 1. The highest BCUT2D eigenvalue weighted by atomic mass is 16.5. The number of carbonyl (C=O) groups excluding carboxylic acids is 1. The van der Waals surface area contributed by atoms with Gasteiger partial charge >= 0.3 is 5.97 Å². The van der Waals surface area contributed by atoms with Crippen molar-refractivity contribution < 1.29 is 19.4 Å². The average Bonchev–Trinajstić information content (AvgIpc) is 3.19. The number of hydrogen-bond acceptors (Lipinski definition) is 5. The minimum absolute atomic E-state index is 0.0983. The van der Waals surface area contributed by atoms with E-state index in [1.54, 1.807) is 43.6 Å². The molecule has 0 unspecified atom stereocenters. The second kappa shape index (κ2) is 7.70. The summed E-state index contributed by atoms with van der Waals surface area (Å²) in [7, 11) is 1.54. The van der Waals surface area contributed by atoms with Crippen molar-refractivity contribution in [2.45, 2.75) is 19.3 Å². The highest BCUT2D eigenvalue weighted by Crippen LogP contribution is 2.30. The van der Waals surface area contributed by atoms with Gasteiger partial charge in [-0.2, -0.15) is 5.26 Å². The third-order valence-electron chi connectivity index (χ3n) is 4.44. The number of amides is 1. The summed E-state index contributed by atoms with van der Waals surface area (Å²) >= 11 is 0. The highest BCUT2D eigenvalue weighted by Gasteiger charge is 2.29. The van der Waals surface area contributed by atoms with E-state index in [0.717, 1.165) is 16.0 Å². The number of carbonyl (C=O) groups is 2. The first-order chi connectivity index (χ1) is 13.0. The van der Waals surface area contributed by atoms with Gasteiger partial charge in [-0.3, -0.25) is 4.79 Å². The summed E-state index contributed by atoms with van der Waals surface area (Å²) < 4.78 is 5.03.